The normalized spacial score (nSPS) is 16.5. The van der Waals surface area contributed by atoms with Gasteiger partial charge in [0, 0.05) is 19.6 Å². The molecule has 1 amide bonds. The van der Waals surface area contributed by atoms with E-state index in [1.807, 2.05) is 24.3 Å². The number of hydrogen-bond donors (Lipinski definition) is 2. The molecule has 22 heavy (non-hydrogen) atoms. The number of nitrogens with one attached hydrogen (secondary N) is 2. The molecule has 0 saturated carbocycles. The molecule has 0 unspecified atom stereocenters. The Morgan fingerprint density at radius 2 is 2.41 bits per heavy atom. The van der Waals surface area contributed by atoms with Gasteiger partial charge in [0.2, 0.25) is 0 Å². The van der Waals surface area contributed by atoms with Crippen LogP contribution in [-0.2, 0) is 4.79 Å². The quantitative estimate of drug-likeness (QED) is 0.846. The Balaban J connectivity index is 1.46. The van der Waals surface area contributed by atoms with Crippen LogP contribution in [0, 0.1) is 0 Å². The van der Waals surface area contributed by atoms with Crippen molar-refractivity contribution in [3.05, 3.63) is 46.6 Å². The fourth-order valence-electron chi connectivity index (χ4n) is 2.73. The van der Waals surface area contributed by atoms with Gasteiger partial charge in [0.1, 0.15) is 5.65 Å². The van der Waals surface area contributed by atoms with Gasteiger partial charge in [0.15, 0.2) is 0 Å². The minimum Gasteiger partial charge on any atom is -0.351 e. The van der Waals surface area contributed by atoms with Crippen LogP contribution in [0.4, 0.5) is 0 Å². The van der Waals surface area contributed by atoms with Crippen molar-refractivity contribution < 1.29 is 4.79 Å². The second kappa shape index (κ2) is 5.62. The van der Waals surface area contributed by atoms with Gasteiger partial charge in [0.05, 0.1) is 21.8 Å². The van der Waals surface area contributed by atoms with Crippen LogP contribution >= 0.6 is 11.8 Å². The molecule has 0 aromatic carbocycles. The molecule has 4 rings (SSSR count). The number of carbonyl (C=O) groups excluding carboxylic acids is 1. The highest BCUT2D eigenvalue weighted by atomic mass is 32.2. The van der Waals surface area contributed by atoms with E-state index in [0.29, 0.717) is 6.54 Å². The second-order valence-corrected chi connectivity index (χ2v) is 6.41. The van der Waals surface area contributed by atoms with Gasteiger partial charge in [-0.15, -0.1) is 0 Å². The van der Waals surface area contributed by atoms with E-state index in [-0.39, 0.29) is 5.91 Å². The van der Waals surface area contributed by atoms with Crippen molar-refractivity contribution in [3.8, 4) is 0 Å². The monoisotopic (exact) mass is 312 g/mol. The summed E-state index contributed by atoms with van der Waals surface area (Å²) >= 11 is 1.49. The summed E-state index contributed by atoms with van der Waals surface area (Å²) in [5.74, 6) is -0.0130. The topological polar surface area (TPSA) is 58.4 Å². The van der Waals surface area contributed by atoms with E-state index in [0.717, 1.165) is 40.8 Å². The Morgan fingerprint density at radius 1 is 1.45 bits per heavy atom. The van der Waals surface area contributed by atoms with E-state index in [9.17, 15) is 4.79 Å². The number of nitrogens with zero attached hydrogens (tertiary/aromatic N) is 2. The maximum absolute atomic E-state index is 12.4. The standard InChI is InChI=1S/C16H16N4OS/c21-16(18-7-5-11-4-6-17-9-11)13-8-12-10-19-14-2-1-3-15(22-13)20(12)14/h1-4,8,10,17H,5-7,9H2,(H,18,21). The molecule has 0 bridgehead atoms. The average Bonchev–Trinajstić information content (AvgIpc) is 3.18. The summed E-state index contributed by atoms with van der Waals surface area (Å²) in [6.45, 7) is 2.56. The Kier molecular flexibility index (Phi) is 3.48. The van der Waals surface area contributed by atoms with Crippen LogP contribution < -0.4 is 10.6 Å². The molecular formula is C16H16N4OS. The van der Waals surface area contributed by atoms with E-state index in [1.54, 1.807) is 6.20 Å². The number of carbonyl (C=O) groups is 1. The fourth-order valence-corrected chi connectivity index (χ4v) is 3.74. The number of imidazole rings is 1. The lowest BCUT2D eigenvalue weighted by Crippen LogP contribution is -2.26. The zero-order valence-electron chi connectivity index (χ0n) is 12.0. The number of hydrogen-bond acceptors (Lipinski definition) is 4. The van der Waals surface area contributed by atoms with Crippen molar-refractivity contribution in [3.63, 3.8) is 0 Å². The molecule has 2 aromatic heterocycles. The molecule has 4 heterocycles. The van der Waals surface area contributed by atoms with E-state index < -0.39 is 0 Å². The molecule has 2 aliphatic heterocycles. The maximum atomic E-state index is 12.4. The Labute approximate surface area is 132 Å². The number of pyridine rings is 1. The van der Waals surface area contributed by atoms with Crippen LogP contribution in [0.1, 0.15) is 12.1 Å². The highest BCUT2D eigenvalue weighted by molar-refractivity contribution is 8.04. The molecule has 0 aliphatic carbocycles. The minimum atomic E-state index is -0.0130. The van der Waals surface area contributed by atoms with E-state index in [4.69, 9.17) is 0 Å². The summed E-state index contributed by atoms with van der Waals surface area (Å²) in [6, 6.07) is 5.95. The SMILES string of the molecule is O=C(NCCC1=CCNC1)C1=Cc2cnc3cccc(n23)S1. The molecule has 6 heteroatoms. The predicted molar refractivity (Wildman–Crippen MR) is 87.6 cm³/mol. The molecule has 2 aromatic rings. The molecule has 0 saturated heterocycles. The first-order valence-electron chi connectivity index (χ1n) is 7.34. The molecule has 0 atom stereocenters. The molecule has 0 spiro atoms. The third kappa shape index (κ3) is 2.44. The zero-order chi connectivity index (χ0) is 14.9. The van der Waals surface area contributed by atoms with Crippen LogP contribution in [0.3, 0.4) is 0 Å². The van der Waals surface area contributed by atoms with Crippen molar-refractivity contribution in [2.24, 2.45) is 0 Å². The zero-order valence-corrected chi connectivity index (χ0v) is 12.8. The summed E-state index contributed by atoms with van der Waals surface area (Å²) in [5.41, 5.74) is 3.24. The predicted octanol–water partition coefficient (Wildman–Crippen LogP) is 1.82. The Hall–Kier alpha value is -2.05. The average molecular weight is 312 g/mol. The highest BCUT2D eigenvalue weighted by Crippen LogP contribution is 2.34. The first-order chi connectivity index (χ1) is 10.8. The van der Waals surface area contributed by atoms with Gasteiger partial charge in [-0.2, -0.15) is 0 Å². The number of amides is 1. The van der Waals surface area contributed by atoms with Crippen molar-refractivity contribution in [2.75, 3.05) is 19.6 Å². The molecule has 112 valence electrons. The van der Waals surface area contributed by atoms with Crippen LogP contribution in [0.25, 0.3) is 11.7 Å². The summed E-state index contributed by atoms with van der Waals surface area (Å²) in [4.78, 5) is 17.4. The van der Waals surface area contributed by atoms with Crippen molar-refractivity contribution >= 4 is 29.4 Å². The Bertz CT molecular complexity index is 806. The van der Waals surface area contributed by atoms with Crippen molar-refractivity contribution in [2.45, 2.75) is 11.4 Å². The molecular weight excluding hydrogens is 296 g/mol. The largest absolute Gasteiger partial charge is 0.351 e. The summed E-state index contributed by atoms with van der Waals surface area (Å²) in [7, 11) is 0. The van der Waals surface area contributed by atoms with E-state index in [2.05, 4.69) is 26.1 Å². The minimum absolute atomic E-state index is 0.0130. The van der Waals surface area contributed by atoms with Gasteiger partial charge in [-0.05, 0) is 24.6 Å². The second-order valence-electron chi connectivity index (χ2n) is 5.35. The smallest absolute Gasteiger partial charge is 0.258 e. The lowest BCUT2D eigenvalue weighted by molar-refractivity contribution is -0.116. The van der Waals surface area contributed by atoms with Crippen LogP contribution in [0.5, 0.6) is 0 Å². The number of rotatable bonds is 4. The van der Waals surface area contributed by atoms with Crippen LogP contribution in [-0.4, -0.2) is 34.9 Å². The van der Waals surface area contributed by atoms with E-state index >= 15 is 0 Å². The number of aromatic nitrogens is 2. The number of thioether (sulfide) groups is 1. The molecule has 2 aliphatic rings. The third-order valence-electron chi connectivity index (χ3n) is 3.86. The first-order valence-corrected chi connectivity index (χ1v) is 8.16. The summed E-state index contributed by atoms with van der Waals surface area (Å²) < 4.78 is 2.07. The summed E-state index contributed by atoms with van der Waals surface area (Å²) in [6.07, 6.45) is 6.81. The molecule has 0 radical (unpaired) electrons. The lowest BCUT2D eigenvalue weighted by Gasteiger charge is -2.15. The van der Waals surface area contributed by atoms with Gasteiger partial charge >= 0.3 is 0 Å². The van der Waals surface area contributed by atoms with Crippen LogP contribution in [0.15, 0.2) is 46.0 Å². The van der Waals surface area contributed by atoms with Gasteiger partial charge in [-0.1, -0.05) is 29.5 Å². The van der Waals surface area contributed by atoms with Gasteiger partial charge in [-0.25, -0.2) is 4.98 Å². The maximum Gasteiger partial charge on any atom is 0.258 e. The lowest BCUT2D eigenvalue weighted by atomic mass is 10.2. The van der Waals surface area contributed by atoms with E-state index in [1.165, 1.54) is 17.3 Å². The highest BCUT2D eigenvalue weighted by Gasteiger charge is 2.19. The van der Waals surface area contributed by atoms with Crippen LogP contribution in [0.2, 0.25) is 0 Å². The fraction of sp³-hybridized carbons (Fsp3) is 0.250. The van der Waals surface area contributed by atoms with Gasteiger partial charge in [0.25, 0.3) is 5.91 Å². The molecule has 5 nitrogen and oxygen atoms in total. The molecule has 2 N–H and O–H groups in total. The summed E-state index contributed by atoms with van der Waals surface area (Å²) in [5, 5.41) is 7.30. The van der Waals surface area contributed by atoms with Crippen molar-refractivity contribution in [1.29, 1.82) is 0 Å². The van der Waals surface area contributed by atoms with Crippen molar-refractivity contribution in [1.82, 2.24) is 20.0 Å². The first kappa shape index (κ1) is 13.6. The third-order valence-corrected chi connectivity index (χ3v) is 4.91. The van der Waals surface area contributed by atoms with Gasteiger partial charge in [-0.3, -0.25) is 9.20 Å². The molecule has 0 fully saturated rings. The van der Waals surface area contributed by atoms with Gasteiger partial charge < -0.3 is 10.6 Å². The Morgan fingerprint density at radius 3 is 3.27 bits per heavy atom.